The fraction of sp³-hybridized carbons (Fsp3) is 0.0714. The highest BCUT2D eigenvalue weighted by Crippen LogP contribution is 2.35. The van der Waals surface area contributed by atoms with Crippen molar-refractivity contribution in [2.75, 3.05) is 6.26 Å². The van der Waals surface area contributed by atoms with Gasteiger partial charge in [-0.2, -0.15) is 0 Å². The van der Waals surface area contributed by atoms with Crippen LogP contribution in [0.5, 0.6) is 0 Å². The highest BCUT2D eigenvalue weighted by Gasteiger charge is 2.13. The van der Waals surface area contributed by atoms with Gasteiger partial charge in [0.15, 0.2) is 0 Å². The van der Waals surface area contributed by atoms with E-state index in [4.69, 9.17) is 11.1 Å². The minimum atomic E-state index is -0.267. The van der Waals surface area contributed by atoms with Crippen LogP contribution in [0, 0.1) is 11.2 Å². The molecule has 0 aliphatic rings. The molecule has 2 rings (SSSR count). The molecular formula is C14H13FN2S2. The molecule has 0 heterocycles. The van der Waals surface area contributed by atoms with Crippen molar-refractivity contribution in [1.29, 1.82) is 5.41 Å². The summed E-state index contributed by atoms with van der Waals surface area (Å²) >= 11 is 2.81. The minimum Gasteiger partial charge on any atom is -0.384 e. The van der Waals surface area contributed by atoms with E-state index in [0.717, 1.165) is 9.79 Å². The molecule has 5 heteroatoms. The number of rotatable bonds is 4. The predicted octanol–water partition coefficient (Wildman–Crippen LogP) is 3.98. The quantitative estimate of drug-likeness (QED) is 0.509. The second-order valence-corrected chi connectivity index (χ2v) is 5.71. The van der Waals surface area contributed by atoms with Gasteiger partial charge in [0.2, 0.25) is 0 Å². The summed E-state index contributed by atoms with van der Waals surface area (Å²) in [5, 5.41) is 7.70. The summed E-state index contributed by atoms with van der Waals surface area (Å²) in [4.78, 5) is 2.25. The maximum Gasteiger partial charge on any atom is 0.137 e. The van der Waals surface area contributed by atoms with Gasteiger partial charge in [-0.15, -0.1) is 11.8 Å². The molecule has 19 heavy (non-hydrogen) atoms. The van der Waals surface area contributed by atoms with Crippen LogP contribution in [-0.4, -0.2) is 12.1 Å². The van der Waals surface area contributed by atoms with Crippen LogP contribution in [0.15, 0.2) is 57.2 Å². The van der Waals surface area contributed by atoms with Crippen LogP contribution in [0.25, 0.3) is 0 Å². The molecule has 0 aromatic heterocycles. The van der Waals surface area contributed by atoms with Gasteiger partial charge >= 0.3 is 0 Å². The first-order valence-electron chi connectivity index (χ1n) is 5.57. The Kier molecular flexibility index (Phi) is 4.50. The zero-order valence-electron chi connectivity index (χ0n) is 10.3. The van der Waals surface area contributed by atoms with Crippen LogP contribution >= 0.6 is 23.5 Å². The van der Waals surface area contributed by atoms with Crippen LogP contribution in [0.3, 0.4) is 0 Å². The Morgan fingerprint density at radius 3 is 2.32 bits per heavy atom. The van der Waals surface area contributed by atoms with E-state index >= 15 is 0 Å². The van der Waals surface area contributed by atoms with Gasteiger partial charge in [-0.3, -0.25) is 5.41 Å². The topological polar surface area (TPSA) is 49.9 Å². The van der Waals surface area contributed by atoms with Crippen LogP contribution in [0.4, 0.5) is 4.39 Å². The molecule has 0 bridgehead atoms. The summed E-state index contributed by atoms with van der Waals surface area (Å²) in [5.41, 5.74) is 6.32. The van der Waals surface area contributed by atoms with Crippen molar-refractivity contribution in [2.45, 2.75) is 14.7 Å². The molecule has 0 amide bonds. The largest absolute Gasteiger partial charge is 0.384 e. The molecule has 3 N–H and O–H groups in total. The van der Waals surface area contributed by atoms with Gasteiger partial charge in [-0.1, -0.05) is 30.0 Å². The lowest BCUT2D eigenvalue weighted by molar-refractivity contribution is 0.602. The standard InChI is InChI=1S/C14H13FN2S2/c1-18-11-7-4-8-12(13(11)14(16)17)19-10-6-3-2-5-9(10)15/h2-8H,1H3,(H3,16,17). The number of thioether (sulfide) groups is 1. The minimum absolute atomic E-state index is 0.00351. The second-order valence-electron chi connectivity index (χ2n) is 3.78. The van der Waals surface area contributed by atoms with E-state index in [1.54, 1.807) is 18.2 Å². The zero-order chi connectivity index (χ0) is 13.8. The maximum absolute atomic E-state index is 13.7. The van der Waals surface area contributed by atoms with Gasteiger partial charge in [-0.05, 0) is 30.5 Å². The van der Waals surface area contributed by atoms with E-state index < -0.39 is 0 Å². The third-order valence-electron chi connectivity index (χ3n) is 2.53. The third-order valence-corrected chi connectivity index (χ3v) is 4.42. The summed E-state index contributed by atoms with van der Waals surface area (Å²) in [6.45, 7) is 0. The molecule has 0 atom stereocenters. The molecule has 0 aliphatic heterocycles. The Labute approximate surface area is 120 Å². The highest BCUT2D eigenvalue weighted by molar-refractivity contribution is 8.00. The number of halogens is 1. The Hall–Kier alpha value is -1.46. The monoisotopic (exact) mass is 292 g/mol. The smallest absolute Gasteiger partial charge is 0.137 e. The van der Waals surface area contributed by atoms with Gasteiger partial charge in [0, 0.05) is 20.2 Å². The van der Waals surface area contributed by atoms with E-state index in [9.17, 15) is 4.39 Å². The van der Waals surface area contributed by atoms with E-state index in [-0.39, 0.29) is 11.7 Å². The van der Waals surface area contributed by atoms with E-state index in [2.05, 4.69) is 0 Å². The first kappa shape index (κ1) is 14.0. The highest BCUT2D eigenvalue weighted by atomic mass is 32.2. The molecule has 0 saturated carbocycles. The molecule has 0 radical (unpaired) electrons. The molecule has 0 unspecified atom stereocenters. The molecular weight excluding hydrogens is 279 g/mol. The summed E-state index contributed by atoms with van der Waals surface area (Å²) < 4.78 is 13.7. The normalized spacial score (nSPS) is 10.4. The summed E-state index contributed by atoms with van der Waals surface area (Å²) in [6.07, 6.45) is 1.93. The van der Waals surface area contributed by atoms with Gasteiger partial charge in [0.1, 0.15) is 11.7 Å². The summed E-state index contributed by atoms with van der Waals surface area (Å²) in [6, 6.07) is 12.2. The van der Waals surface area contributed by atoms with E-state index in [1.165, 1.54) is 29.6 Å². The molecule has 0 spiro atoms. The lowest BCUT2D eigenvalue weighted by atomic mass is 10.2. The number of hydrogen-bond acceptors (Lipinski definition) is 3. The average Bonchev–Trinajstić information content (AvgIpc) is 2.40. The van der Waals surface area contributed by atoms with Crippen molar-refractivity contribution in [1.82, 2.24) is 0 Å². The Morgan fingerprint density at radius 1 is 1.05 bits per heavy atom. The number of nitrogens with one attached hydrogen (secondary N) is 1. The number of nitrogens with two attached hydrogens (primary N) is 1. The zero-order valence-corrected chi connectivity index (χ0v) is 11.9. The Bertz CT molecular complexity index is 614. The van der Waals surface area contributed by atoms with Gasteiger partial charge in [-0.25, -0.2) is 4.39 Å². The van der Waals surface area contributed by atoms with Crippen molar-refractivity contribution in [2.24, 2.45) is 5.73 Å². The fourth-order valence-corrected chi connectivity index (χ4v) is 3.40. The lowest BCUT2D eigenvalue weighted by Gasteiger charge is -2.12. The second kappa shape index (κ2) is 6.12. The van der Waals surface area contributed by atoms with Crippen LogP contribution in [0.2, 0.25) is 0 Å². The Morgan fingerprint density at radius 2 is 1.68 bits per heavy atom. The fourth-order valence-electron chi connectivity index (χ4n) is 1.68. The lowest BCUT2D eigenvalue weighted by Crippen LogP contribution is -2.13. The predicted molar refractivity (Wildman–Crippen MR) is 79.8 cm³/mol. The number of amidine groups is 1. The molecule has 98 valence electrons. The average molecular weight is 292 g/mol. The van der Waals surface area contributed by atoms with E-state index in [0.29, 0.717) is 10.5 Å². The van der Waals surface area contributed by atoms with Gasteiger partial charge in [0.25, 0.3) is 0 Å². The van der Waals surface area contributed by atoms with Crippen molar-refractivity contribution in [3.8, 4) is 0 Å². The van der Waals surface area contributed by atoms with Crippen LogP contribution in [0.1, 0.15) is 5.56 Å². The number of nitrogen functional groups attached to an aromatic ring is 1. The van der Waals surface area contributed by atoms with Crippen LogP contribution < -0.4 is 5.73 Å². The molecule has 2 nitrogen and oxygen atoms in total. The first-order valence-corrected chi connectivity index (χ1v) is 7.61. The van der Waals surface area contributed by atoms with Crippen molar-refractivity contribution >= 4 is 29.4 Å². The molecule has 0 fully saturated rings. The Balaban J connectivity index is 2.46. The molecule has 2 aromatic carbocycles. The third kappa shape index (κ3) is 3.11. The molecule has 0 saturated heterocycles. The number of hydrogen-bond donors (Lipinski definition) is 2. The first-order chi connectivity index (χ1) is 9.13. The van der Waals surface area contributed by atoms with Gasteiger partial charge < -0.3 is 5.73 Å². The number of benzene rings is 2. The summed E-state index contributed by atoms with van der Waals surface area (Å²) in [7, 11) is 0. The van der Waals surface area contributed by atoms with Crippen molar-refractivity contribution in [3.05, 3.63) is 53.8 Å². The molecule has 2 aromatic rings. The van der Waals surface area contributed by atoms with Crippen molar-refractivity contribution < 1.29 is 4.39 Å². The maximum atomic E-state index is 13.7. The molecule has 0 aliphatic carbocycles. The SMILES string of the molecule is CSc1cccc(Sc2ccccc2F)c1C(=N)N. The van der Waals surface area contributed by atoms with Gasteiger partial charge in [0.05, 0.1) is 0 Å². The van der Waals surface area contributed by atoms with Crippen LogP contribution in [-0.2, 0) is 0 Å². The van der Waals surface area contributed by atoms with E-state index in [1.807, 2.05) is 24.5 Å². The summed E-state index contributed by atoms with van der Waals surface area (Å²) in [5.74, 6) is -0.264. The van der Waals surface area contributed by atoms with Crippen molar-refractivity contribution in [3.63, 3.8) is 0 Å².